The second-order valence-corrected chi connectivity index (χ2v) is 8.03. The topological polar surface area (TPSA) is 55.7 Å². The maximum absolute atomic E-state index is 13.1. The first kappa shape index (κ1) is 21.0. The van der Waals surface area contributed by atoms with Gasteiger partial charge in [-0.3, -0.25) is 9.69 Å². The minimum absolute atomic E-state index is 0.125. The summed E-state index contributed by atoms with van der Waals surface area (Å²) in [5.74, 6) is 1.41. The molecular weight excluding hydrogens is 390 g/mol. The fourth-order valence-corrected chi connectivity index (χ4v) is 4.24. The number of nitrogens with one attached hydrogen (secondary N) is 1. The lowest BCUT2D eigenvalue weighted by molar-refractivity contribution is 0.101. The normalized spacial score (nSPS) is 13.5. The number of carbonyl (C=O) groups is 1. The van der Waals surface area contributed by atoms with Crippen molar-refractivity contribution in [2.24, 2.45) is 7.05 Å². The molecule has 6 heteroatoms. The van der Waals surface area contributed by atoms with Gasteiger partial charge in [0.05, 0.1) is 19.9 Å². The van der Waals surface area contributed by atoms with Gasteiger partial charge < -0.3 is 19.4 Å². The van der Waals surface area contributed by atoms with Gasteiger partial charge in [-0.15, -0.1) is 0 Å². The number of carbonyl (C=O) groups excluding carboxylic acids is 1. The Kier molecular flexibility index (Phi) is 6.00. The van der Waals surface area contributed by atoms with Crippen LogP contribution in [0.15, 0.2) is 48.5 Å². The third-order valence-electron chi connectivity index (χ3n) is 5.88. The van der Waals surface area contributed by atoms with Crippen LogP contribution in [0.4, 0.5) is 5.69 Å². The lowest BCUT2D eigenvalue weighted by Crippen LogP contribution is -2.30. The van der Waals surface area contributed by atoms with Crippen LogP contribution in [0.1, 0.15) is 32.9 Å². The van der Waals surface area contributed by atoms with Crippen LogP contribution >= 0.6 is 0 Å². The zero-order valence-electron chi connectivity index (χ0n) is 18.6. The second-order valence-electron chi connectivity index (χ2n) is 8.03. The van der Waals surface area contributed by atoms with E-state index in [0.717, 1.165) is 37.4 Å². The Labute approximate surface area is 183 Å². The van der Waals surface area contributed by atoms with Gasteiger partial charge in [-0.25, -0.2) is 0 Å². The third-order valence-corrected chi connectivity index (χ3v) is 5.88. The summed E-state index contributed by atoms with van der Waals surface area (Å²) in [7, 11) is 5.27. The summed E-state index contributed by atoms with van der Waals surface area (Å²) in [4.78, 5) is 15.5. The predicted molar refractivity (Wildman–Crippen MR) is 122 cm³/mol. The fourth-order valence-electron chi connectivity index (χ4n) is 4.24. The van der Waals surface area contributed by atoms with E-state index >= 15 is 0 Å². The number of nitrogens with zero attached hydrogens (tertiary/aromatic N) is 2. The van der Waals surface area contributed by atoms with Gasteiger partial charge in [0.15, 0.2) is 0 Å². The summed E-state index contributed by atoms with van der Waals surface area (Å²) in [6.45, 7) is 4.62. The Morgan fingerprint density at radius 2 is 1.94 bits per heavy atom. The van der Waals surface area contributed by atoms with Gasteiger partial charge in [0.2, 0.25) is 0 Å². The van der Waals surface area contributed by atoms with Crippen LogP contribution in [0.25, 0.3) is 0 Å². The molecule has 0 saturated heterocycles. The van der Waals surface area contributed by atoms with Crippen LogP contribution in [0.2, 0.25) is 0 Å². The van der Waals surface area contributed by atoms with E-state index < -0.39 is 0 Å². The zero-order chi connectivity index (χ0) is 22.0. The Balaban J connectivity index is 1.51. The van der Waals surface area contributed by atoms with Gasteiger partial charge >= 0.3 is 0 Å². The molecule has 0 saturated carbocycles. The van der Waals surface area contributed by atoms with Gasteiger partial charge in [0.1, 0.15) is 17.2 Å². The minimum atomic E-state index is -0.125. The predicted octanol–water partition coefficient (Wildman–Crippen LogP) is 4.16. The number of hydrogen-bond acceptors (Lipinski definition) is 4. The second kappa shape index (κ2) is 8.86. The third kappa shape index (κ3) is 4.44. The molecule has 0 spiro atoms. The number of rotatable bonds is 6. The summed E-state index contributed by atoms with van der Waals surface area (Å²) in [5.41, 5.74) is 6.07. The number of amides is 1. The molecule has 0 radical (unpaired) electrons. The van der Waals surface area contributed by atoms with Gasteiger partial charge in [0.25, 0.3) is 5.91 Å². The molecule has 6 nitrogen and oxygen atoms in total. The van der Waals surface area contributed by atoms with Crippen molar-refractivity contribution >= 4 is 11.6 Å². The first-order chi connectivity index (χ1) is 15.0. The van der Waals surface area contributed by atoms with Crippen molar-refractivity contribution in [2.45, 2.75) is 26.4 Å². The summed E-state index contributed by atoms with van der Waals surface area (Å²) in [5, 5.41) is 3.02. The number of methoxy groups -OCH3 is 2. The summed E-state index contributed by atoms with van der Waals surface area (Å²) < 4.78 is 12.8. The van der Waals surface area contributed by atoms with Crippen molar-refractivity contribution in [3.63, 3.8) is 0 Å². The van der Waals surface area contributed by atoms with E-state index in [2.05, 4.69) is 22.3 Å². The maximum atomic E-state index is 13.1. The van der Waals surface area contributed by atoms with E-state index in [4.69, 9.17) is 9.47 Å². The molecule has 2 aromatic carbocycles. The van der Waals surface area contributed by atoms with Crippen molar-refractivity contribution in [2.75, 3.05) is 26.1 Å². The van der Waals surface area contributed by atoms with Crippen molar-refractivity contribution in [1.82, 2.24) is 9.47 Å². The van der Waals surface area contributed by atoms with Gasteiger partial charge in [-0.2, -0.15) is 0 Å². The van der Waals surface area contributed by atoms with Crippen LogP contribution in [-0.2, 0) is 26.6 Å². The van der Waals surface area contributed by atoms with Crippen LogP contribution in [0.3, 0.4) is 0 Å². The van der Waals surface area contributed by atoms with Crippen molar-refractivity contribution < 1.29 is 14.3 Å². The van der Waals surface area contributed by atoms with E-state index in [1.807, 2.05) is 54.9 Å². The number of anilines is 1. The van der Waals surface area contributed by atoms with Crippen molar-refractivity contribution in [1.29, 1.82) is 0 Å². The molecule has 0 fully saturated rings. The van der Waals surface area contributed by atoms with Crippen LogP contribution in [0, 0.1) is 6.92 Å². The monoisotopic (exact) mass is 419 g/mol. The Morgan fingerprint density at radius 3 is 2.71 bits per heavy atom. The molecule has 1 aromatic heterocycles. The molecule has 1 aliphatic heterocycles. The van der Waals surface area contributed by atoms with Gasteiger partial charge in [-0.05, 0) is 53.9 Å². The average molecular weight is 420 g/mol. The van der Waals surface area contributed by atoms with Crippen LogP contribution in [0.5, 0.6) is 11.5 Å². The zero-order valence-corrected chi connectivity index (χ0v) is 18.6. The lowest BCUT2D eigenvalue weighted by atomic mass is 10.1. The van der Waals surface area contributed by atoms with E-state index in [1.54, 1.807) is 14.2 Å². The van der Waals surface area contributed by atoms with Crippen LogP contribution < -0.4 is 14.8 Å². The van der Waals surface area contributed by atoms with Crippen molar-refractivity contribution in [3.05, 3.63) is 76.6 Å². The molecule has 4 rings (SSSR count). The molecule has 1 N–H and O–H groups in total. The quantitative estimate of drug-likeness (QED) is 0.652. The molecule has 0 aliphatic carbocycles. The average Bonchev–Trinajstić information content (AvgIpc) is 3.10. The van der Waals surface area contributed by atoms with E-state index in [0.29, 0.717) is 17.1 Å². The number of ether oxygens (including phenoxy) is 2. The molecule has 0 bridgehead atoms. The van der Waals surface area contributed by atoms with Gasteiger partial charge in [-0.1, -0.05) is 18.2 Å². The number of fused-ring (bicyclic) bond motifs is 1. The van der Waals surface area contributed by atoms with Gasteiger partial charge in [0, 0.05) is 38.8 Å². The Morgan fingerprint density at radius 1 is 1.10 bits per heavy atom. The number of hydrogen-bond donors (Lipinski definition) is 1. The summed E-state index contributed by atoms with van der Waals surface area (Å²) >= 11 is 0. The summed E-state index contributed by atoms with van der Waals surface area (Å²) in [6, 6.07) is 16.0. The van der Waals surface area contributed by atoms with E-state index in [-0.39, 0.29) is 5.91 Å². The standard InChI is InChI=1S/C25H29N3O3/c1-17-8-9-24(31-4)21(12-17)26-25(29)23-14-19-16-28(11-10-22(19)27(23)2)15-18-6-5-7-20(13-18)30-3/h5-9,12-14H,10-11,15-16H2,1-4H3,(H,26,29). The molecule has 2 heterocycles. The Hall–Kier alpha value is -3.25. The largest absolute Gasteiger partial charge is 0.497 e. The first-order valence-corrected chi connectivity index (χ1v) is 10.5. The number of aromatic nitrogens is 1. The molecule has 1 amide bonds. The lowest BCUT2D eigenvalue weighted by Gasteiger charge is -2.27. The summed E-state index contributed by atoms with van der Waals surface area (Å²) in [6.07, 6.45) is 0.914. The molecule has 0 atom stereocenters. The van der Waals surface area contributed by atoms with E-state index in [1.165, 1.54) is 16.8 Å². The number of aryl methyl sites for hydroxylation is 1. The smallest absolute Gasteiger partial charge is 0.272 e. The maximum Gasteiger partial charge on any atom is 0.272 e. The first-order valence-electron chi connectivity index (χ1n) is 10.5. The molecule has 31 heavy (non-hydrogen) atoms. The van der Waals surface area contributed by atoms with Crippen LogP contribution in [-0.4, -0.2) is 36.1 Å². The Bertz CT molecular complexity index is 1100. The molecular formula is C25H29N3O3. The molecule has 1 aliphatic rings. The van der Waals surface area contributed by atoms with Crippen molar-refractivity contribution in [3.8, 4) is 11.5 Å². The SMILES string of the molecule is COc1cccc(CN2CCc3c(cc(C(=O)Nc4cc(C)ccc4OC)n3C)C2)c1. The fraction of sp³-hybridized carbons (Fsp3) is 0.320. The van der Waals surface area contributed by atoms with E-state index in [9.17, 15) is 4.79 Å². The highest BCUT2D eigenvalue weighted by Crippen LogP contribution is 2.28. The molecule has 3 aromatic rings. The minimum Gasteiger partial charge on any atom is -0.497 e. The molecule has 162 valence electrons. The highest BCUT2D eigenvalue weighted by Gasteiger charge is 2.24. The number of benzene rings is 2. The molecule has 0 unspecified atom stereocenters. The highest BCUT2D eigenvalue weighted by atomic mass is 16.5. The highest BCUT2D eigenvalue weighted by molar-refractivity contribution is 6.04.